The number of aliphatic hydroxyl groups excluding tert-OH is 3. The number of carbonyl (C=O) groups excluding carboxylic acids is 1. The van der Waals surface area contributed by atoms with E-state index in [9.17, 15) is 56.7 Å². The van der Waals surface area contributed by atoms with E-state index in [4.69, 9.17) is 15.3 Å². The molecule has 0 spiro atoms. The van der Waals surface area contributed by atoms with E-state index < -0.39 is 93.4 Å². The van der Waals surface area contributed by atoms with Crippen LogP contribution in [0.2, 0.25) is 0 Å². The molecule has 0 aliphatic carbocycles. The Labute approximate surface area is 170 Å². The molecule has 180 valence electrons. The maximum atomic E-state index is 12.4. The van der Waals surface area contributed by atoms with Crippen molar-refractivity contribution in [2.75, 3.05) is 26.4 Å². The third-order valence-corrected chi connectivity index (χ3v) is 12.3. The van der Waals surface area contributed by atoms with Crippen molar-refractivity contribution in [1.82, 2.24) is 0 Å². The van der Waals surface area contributed by atoms with E-state index >= 15 is 0 Å². The topological polar surface area (TPSA) is 304 Å². The zero-order valence-corrected chi connectivity index (χ0v) is 17.9. The first-order valence-corrected chi connectivity index (χ1v) is 12.7. The van der Waals surface area contributed by atoms with E-state index in [1.165, 1.54) is 0 Å². The van der Waals surface area contributed by atoms with Crippen LogP contribution in [0.15, 0.2) is 0 Å². The number of aliphatic hydroxyl groups is 3. The highest BCUT2D eigenvalue weighted by Gasteiger charge is 2.83. The van der Waals surface area contributed by atoms with E-state index in [0.29, 0.717) is 0 Å². The highest BCUT2D eigenvalue weighted by molar-refractivity contribution is 8.13. The quantitative estimate of drug-likeness (QED) is 0.0984. The van der Waals surface area contributed by atoms with Crippen molar-refractivity contribution in [3.8, 4) is 0 Å². The number of rotatable bonds is 11. The highest BCUT2D eigenvalue weighted by atomic mass is 32.3. The summed E-state index contributed by atoms with van der Waals surface area (Å²) in [4.78, 5) is 12.4. The first kappa shape index (κ1) is 29.0. The molecule has 21 heteroatoms. The van der Waals surface area contributed by atoms with E-state index in [-0.39, 0.29) is 0 Å². The molecule has 0 aromatic carbocycles. The molecular weight excluding hydrogens is 508 g/mol. The molecule has 30 heavy (non-hydrogen) atoms. The molecule has 0 fully saturated rings. The lowest BCUT2D eigenvalue weighted by molar-refractivity contribution is -0.152. The van der Waals surface area contributed by atoms with Crippen LogP contribution >= 0.6 is 0 Å². The van der Waals surface area contributed by atoms with Gasteiger partial charge in [0.25, 0.3) is 24.3 Å². The summed E-state index contributed by atoms with van der Waals surface area (Å²) in [5.74, 6) is -3.11. The summed E-state index contributed by atoms with van der Waals surface area (Å²) in [6.07, 6.45) is 0. The zero-order chi connectivity index (χ0) is 24.6. The largest absolute Gasteiger partial charge is 0.463 e. The van der Waals surface area contributed by atoms with E-state index in [0.717, 1.165) is 0 Å². The molecule has 0 saturated heterocycles. The molecule has 0 aliphatic heterocycles. The van der Waals surface area contributed by atoms with Gasteiger partial charge < -0.3 is 20.1 Å². The van der Waals surface area contributed by atoms with Crippen molar-refractivity contribution in [3.05, 3.63) is 0 Å². The Morgan fingerprint density at radius 3 is 1.20 bits per heavy atom. The van der Waals surface area contributed by atoms with E-state index in [1.54, 1.807) is 0 Å². The standard InChI is InChI=1S/C9H18O17S4/c1-7(27(14,15)16,28(17,18)19)9(29(20,21)22,30(23,24)25)6(13)26-5-8(2-10,3-11)4-12/h10-12H,2-5H2,1H3,(H,14,15,16)(H,17,18,19)(H,20,21,22)(H,23,24,25). The molecule has 0 heterocycles. The molecule has 0 rings (SSSR count). The number of carbonyl (C=O) groups is 1. The normalized spacial score (nSPS) is 15.1. The Morgan fingerprint density at radius 1 is 0.700 bits per heavy atom. The Bertz CT molecular complexity index is 1000. The van der Waals surface area contributed by atoms with Gasteiger partial charge >= 0.3 is 30.3 Å². The average molecular weight is 526 g/mol. The summed E-state index contributed by atoms with van der Waals surface area (Å²) in [6, 6.07) is 0. The van der Waals surface area contributed by atoms with Crippen LogP contribution in [0.1, 0.15) is 6.92 Å². The van der Waals surface area contributed by atoms with Gasteiger partial charge in [-0.2, -0.15) is 33.7 Å². The van der Waals surface area contributed by atoms with Crippen molar-refractivity contribution in [2.24, 2.45) is 5.41 Å². The summed E-state index contributed by atoms with van der Waals surface area (Å²) in [6.45, 7) is -5.79. The minimum absolute atomic E-state index is 0.558. The van der Waals surface area contributed by atoms with Crippen molar-refractivity contribution < 1.29 is 76.7 Å². The second-order valence-corrected chi connectivity index (χ2v) is 13.2. The fraction of sp³-hybridized carbons (Fsp3) is 0.889. The van der Waals surface area contributed by atoms with Gasteiger partial charge in [0, 0.05) is 0 Å². The first-order valence-electron chi connectivity index (χ1n) is 6.94. The summed E-state index contributed by atoms with van der Waals surface area (Å²) < 4.78 is 124. The van der Waals surface area contributed by atoms with Crippen LogP contribution in [-0.2, 0) is 50.0 Å². The fourth-order valence-electron chi connectivity index (χ4n) is 2.07. The number of hydrogen-bond acceptors (Lipinski definition) is 13. The van der Waals surface area contributed by atoms with Crippen molar-refractivity contribution in [2.45, 2.75) is 15.1 Å². The summed E-state index contributed by atoms with van der Waals surface area (Å²) in [5.41, 5.74) is -2.24. The minimum Gasteiger partial charge on any atom is -0.463 e. The molecule has 0 unspecified atom stereocenters. The lowest BCUT2D eigenvalue weighted by Gasteiger charge is -2.37. The number of esters is 1. The molecule has 0 atom stereocenters. The number of hydrogen-bond donors (Lipinski definition) is 7. The van der Waals surface area contributed by atoms with E-state index in [2.05, 4.69) is 4.74 Å². The van der Waals surface area contributed by atoms with Gasteiger partial charge in [0.2, 0.25) is 0 Å². The van der Waals surface area contributed by atoms with Crippen LogP contribution in [0.3, 0.4) is 0 Å². The molecule has 0 bridgehead atoms. The highest BCUT2D eigenvalue weighted by Crippen LogP contribution is 2.45. The molecule has 0 aromatic heterocycles. The van der Waals surface area contributed by atoms with Crippen LogP contribution in [0.4, 0.5) is 0 Å². The average Bonchev–Trinajstić information content (AvgIpc) is 2.52. The van der Waals surface area contributed by atoms with Gasteiger partial charge in [-0.15, -0.1) is 0 Å². The summed E-state index contributed by atoms with van der Waals surface area (Å²) >= 11 is 0. The molecule has 0 saturated carbocycles. The minimum atomic E-state index is -6.97. The molecule has 7 N–H and O–H groups in total. The van der Waals surface area contributed by atoms with Gasteiger partial charge in [0.05, 0.1) is 25.2 Å². The van der Waals surface area contributed by atoms with Crippen LogP contribution in [-0.4, -0.2) is 108 Å². The van der Waals surface area contributed by atoms with E-state index in [1.807, 2.05) is 0 Å². The predicted octanol–water partition coefficient (Wildman–Crippen LogP) is -4.54. The zero-order valence-electron chi connectivity index (χ0n) is 14.7. The van der Waals surface area contributed by atoms with Crippen molar-refractivity contribution in [1.29, 1.82) is 0 Å². The van der Waals surface area contributed by atoms with Gasteiger partial charge in [-0.25, -0.2) is 4.79 Å². The second-order valence-electron chi connectivity index (χ2n) is 6.01. The van der Waals surface area contributed by atoms with Gasteiger partial charge in [-0.05, 0) is 6.92 Å². The lowest BCUT2D eigenvalue weighted by Crippen LogP contribution is -2.72. The Hall–Kier alpha value is -1.01. The smallest absolute Gasteiger partial charge is 0.355 e. The van der Waals surface area contributed by atoms with Gasteiger partial charge in [0.15, 0.2) is 0 Å². The molecule has 0 aliphatic rings. The second kappa shape index (κ2) is 8.50. The van der Waals surface area contributed by atoms with Crippen LogP contribution in [0.5, 0.6) is 0 Å². The maximum absolute atomic E-state index is 12.4. The SMILES string of the molecule is CC(C(C(=O)OCC(CO)(CO)CO)(S(=O)(=O)O)S(=O)(=O)O)(S(=O)(=O)O)S(=O)(=O)O. The lowest BCUT2D eigenvalue weighted by atomic mass is 9.93. The Kier molecular flexibility index (Phi) is 8.21. The Balaban J connectivity index is 7.48. The molecule has 0 radical (unpaired) electrons. The molecular formula is C9H18O17S4. The van der Waals surface area contributed by atoms with Crippen molar-refractivity contribution in [3.63, 3.8) is 0 Å². The monoisotopic (exact) mass is 526 g/mol. The van der Waals surface area contributed by atoms with Gasteiger partial charge in [-0.1, -0.05) is 0 Å². The van der Waals surface area contributed by atoms with Gasteiger partial charge in [-0.3, -0.25) is 18.2 Å². The van der Waals surface area contributed by atoms with Gasteiger partial charge in [0.1, 0.15) is 6.61 Å². The van der Waals surface area contributed by atoms with Crippen LogP contribution < -0.4 is 0 Å². The Morgan fingerprint density at radius 2 is 1.00 bits per heavy atom. The van der Waals surface area contributed by atoms with Crippen LogP contribution in [0, 0.1) is 5.41 Å². The fourth-order valence-corrected chi connectivity index (χ4v) is 9.05. The predicted molar refractivity (Wildman–Crippen MR) is 92.0 cm³/mol. The van der Waals surface area contributed by atoms with Crippen molar-refractivity contribution >= 4 is 46.4 Å². The van der Waals surface area contributed by atoms with Crippen LogP contribution in [0.25, 0.3) is 0 Å². The third-order valence-electron chi connectivity index (χ3n) is 4.09. The number of ether oxygens (including phenoxy) is 1. The maximum Gasteiger partial charge on any atom is 0.355 e. The summed E-state index contributed by atoms with van der Waals surface area (Å²) in [7, 11) is -27.4. The molecule has 0 aromatic rings. The first-order chi connectivity index (χ1) is 13.1. The molecule has 17 nitrogen and oxygen atoms in total. The molecule has 0 amide bonds. The summed E-state index contributed by atoms with van der Waals surface area (Å²) in [5, 5.41) is 27.3. The third kappa shape index (κ3) is 4.32.